The molecule has 0 bridgehead atoms. The highest BCUT2D eigenvalue weighted by Crippen LogP contribution is 2.30. The molecule has 224 valence electrons. The topological polar surface area (TPSA) is 86.8 Å². The first-order chi connectivity index (χ1) is 20.6. The molecule has 0 fully saturated rings. The van der Waals surface area contributed by atoms with Gasteiger partial charge in [-0.1, -0.05) is 78.3 Å². The lowest BCUT2D eigenvalue weighted by Crippen LogP contribution is -2.53. The fraction of sp³-hybridized carbons (Fsp3) is 0.212. The normalized spacial score (nSPS) is 11.9. The van der Waals surface area contributed by atoms with Gasteiger partial charge in [-0.3, -0.25) is 13.9 Å². The Morgan fingerprint density at radius 1 is 0.884 bits per heavy atom. The molecule has 2 amide bonds. The number of halogens is 2. The van der Waals surface area contributed by atoms with Crippen LogP contribution in [0.1, 0.15) is 23.6 Å². The molecule has 4 rings (SSSR count). The van der Waals surface area contributed by atoms with Crippen LogP contribution < -0.4 is 9.62 Å². The molecule has 0 aliphatic carbocycles. The molecule has 0 saturated heterocycles. The van der Waals surface area contributed by atoms with Gasteiger partial charge in [-0.25, -0.2) is 12.8 Å². The maximum Gasteiger partial charge on any atom is 0.264 e. The van der Waals surface area contributed by atoms with Crippen molar-refractivity contribution in [3.05, 3.63) is 131 Å². The minimum absolute atomic E-state index is 0.00294. The van der Waals surface area contributed by atoms with Gasteiger partial charge in [-0.05, 0) is 66.9 Å². The minimum Gasteiger partial charge on any atom is -0.355 e. The molecule has 0 aliphatic heterocycles. The Bertz CT molecular complexity index is 1650. The van der Waals surface area contributed by atoms with Gasteiger partial charge in [0.2, 0.25) is 11.8 Å². The van der Waals surface area contributed by atoms with E-state index < -0.39 is 40.2 Å². The smallest absolute Gasteiger partial charge is 0.264 e. The molecule has 0 spiro atoms. The van der Waals surface area contributed by atoms with E-state index in [1.165, 1.54) is 47.4 Å². The molecule has 4 aromatic rings. The van der Waals surface area contributed by atoms with Gasteiger partial charge < -0.3 is 10.2 Å². The molecule has 7 nitrogen and oxygen atoms in total. The van der Waals surface area contributed by atoms with E-state index in [0.29, 0.717) is 22.7 Å². The number of benzene rings is 4. The van der Waals surface area contributed by atoms with Crippen LogP contribution in [0.3, 0.4) is 0 Å². The molecule has 0 aromatic heterocycles. The number of nitrogens with one attached hydrogen (secondary N) is 1. The third-order valence-electron chi connectivity index (χ3n) is 6.94. The van der Waals surface area contributed by atoms with Crippen molar-refractivity contribution in [2.24, 2.45) is 0 Å². The summed E-state index contributed by atoms with van der Waals surface area (Å²) < 4.78 is 42.9. The summed E-state index contributed by atoms with van der Waals surface area (Å²) in [7, 11) is -4.24. The van der Waals surface area contributed by atoms with Gasteiger partial charge in [0.1, 0.15) is 18.4 Å². The molecule has 0 saturated carbocycles. The number of aryl methyl sites for hydroxylation is 1. The van der Waals surface area contributed by atoms with Gasteiger partial charge in [-0.15, -0.1) is 0 Å². The Hall–Kier alpha value is -4.21. The van der Waals surface area contributed by atoms with Crippen molar-refractivity contribution >= 4 is 39.1 Å². The number of amides is 2. The Morgan fingerprint density at radius 3 is 2.14 bits per heavy atom. The Kier molecular flexibility index (Phi) is 10.6. The highest BCUT2D eigenvalue weighted by atomic mass is 35.5. The number of hydrogen-bond acceptors (Lipinski definition) is 4. The third kappa shape index (κ3) is 8.00. The molecule has 0 heterocycles. The van der Waals surface area contributed by atoms with E-state index in [9.17, 15) is 22.4 Å². The number of nitrogens with zero attached hydrogens (tertiary/aromatic N) is 2. The van der Waals surface area contributed by atoms with Crippen molar-refractivity contribution in [2.45, 2.75) is 37.8 Å². The third-order valence-corrected chi connectivity index (χ3v) is 8.95. The van der Waals surface area contributed by atoms with E-state index in [2.05, 4.69) is 5.32 Å². The average molecular weight is 622 g/mol. The second-order valence-corrected chi connectivity index (χ2v) is 12.3. The van der Waals surface area contributed by atoms with E-state index in [1.54, 1.807) is 44.2 Å². The summed E-state index contributed by atoms with van der Waals surface area (Å²) in [5, 5.41) is 3.11. The van der Waals surface area contributed by atoms with Crippen molar-refractivity contribution in [2.75, 3.05) is 17.4 Å². The summed E-state index contributed by atoms with van der Waals surface area (Å²) in [4.78, 5) is 29.2. The van der Waals surface area contributed by atoms with E-state index in [1.807, 2.05) is 30.3 Å². The number of carbonyl (C=O) groups excluding carboxylic acids is 2. The summed E-state index contributed by atoms with van der Waals surface area (Å²) >= 11 is 6.29. The first-order valence-corrected chi connectivity index (χ1v) is 15.6. The summed E-state index contributed by atoms with van der Waals surface area (Å²) in [5.74, 6) is -1.45. The van der Waals surface area contributed by atoms with Crippen LogP contribution in [-0.4, -0.2) is 44.3 Å². The fourth-order valence-corrected chi connectivity index (χ4v) is 6.37. The van der Waals surface area contributed by atoms with Crippen molar-refractivity contribution in [3.8, 4) is 0 Å². The van der Waals surface area contributed by atoms with Crippen LogP contribution in [0.4, 0.5) is 10.1 Å². The standard InChI is InChI=1S/C33H33ClFN3O4S/c1-3-36-33(40)31(20-25-10-6-4-7-11-25)37(22-26-15-18-28(35)19-16-26)32(39)23-38(30-21-27(34)17-14-24(30)2)43(41,42)29-12-8-5-9-13-29/h4-19,21,31H,3,20,22-23H2,1-2H3,(H,36,40)/t31-/m0/s1. The first-order valence-electron chi connectivity index (χ1n) is 13.8. The lowest BCUT2D eigenvalue weighted by atomic mass is 10.0. The molecule has 4 aromatic carbocycles. The molecule has 1 N–H and O–H groups in total. The lowest BCUT2D eigenvalue weighted by Gasteiger charge is -2.34. The van der Waals surface area contributed by atoms with Crippen molar-refractivity contribution in [1.82, 2.24) is 10.2 Å². The van der Waals surface area contributed by atoms with Crippen LogP contribution in [0.5, 0.6) is 0 Å². The van der Waals surface area contributed by atoms with E-state index in [0.717, 1.165) is 9.87 Å². The highest BCUT2D eigenvalue weighted by molar-refractivity contribution is 7.92. The number of hydrogen-bond donors (Lipinski definition) is 1. The Labute approximate surface area is 257 Å². The summed E-state index contributed by atoms with van der Waals surface area (Å²) in [6, 6.07) is 26.5. The highest BCUT2D eigenvalue weighted by Gasteiger charge is 2.35. The molecular formula is C33H33ClFN3O4S. The van der Waals surface area contributed by atoms with Gasteiger partial charge >= 0.3 is 0 Å². The second kappa shape index (κ2) is 14.3. The van der Waals surface area contributed by atoms with Gasteiger partial charge in [0.25, 0.3) is 10.0 Å². The first kappa shape index (κ1) is 31.7. The SMILES string of the molecule is CCNC(=O)[C@H](Cc1ccccc1)N(Cc1ccc(F)cc1)C(=O)CN(c1cc(Cl)ccc1C)S(=O)(=O)c1ccccc1. The number of likely N-dealkylation sites (N-methyl/N-ethyl adjacent to an activating group) is 1. The van der Waals surface area contributed by atoms with Crippen LogP contribution in [0.15, 0.2) is 108 Å². The predicted octanol–water partition coefficient (Wildman–Crippen LogP) is 5.76. The Balaban J connectivity index is 1.81. The van der Waals surface area contributed by atoms with E-state index in [-0.39, 0.29) is 23.5 Å². The zero-order valence-corrected chi connectivity index (χ0v) is 25.5. The quantitative estimate of drug-likeness (QED) is 0.218. The summed E-state index contributed by atoms with van der Waals surface area (Å²) in [6.45, 7) is 3.18. The maximum absolute atomic E-state index is 14.3. The number of carbonyl (C=O) groups is 2. The van der Waals surface area contributed by atoms with Crippen LogP contribution in [-0.2, 0) is 32.6 Å². The maximum atomic E-state index is 14.3. The number of rotatable bonds is 12. The number of sulfonamides is 1. The van der Waals surface area contributed by atoms with Gasteiger partial charge in [0.05, 0.1) is 10.6 Å². The zero-order chi connectivity index (χ0) is 31.0. The average Bonchev–Trinajstić information content (AvgIpc) is 3.01. The van der Waals surface area contributed by atoms with Crippen LogP contribution in [0.25, 0.3) is 0 Å². The molecule has 43 heavy (non-hydrogen) atoms. The largest absolute Gasteiger partial charge is 0.355 e. The molecule has 1 atom stereocenters. The lowest BCUT2D eigenvalue weighted by molar-refractivity contribution is -0.140. The summed E-state index contributed by atoms with van der Waals surface area (Å²) in [5.41, 5.74) is 2.22. The monoisotopic (exact) mass is 621 g/mol. The molecule has 0 radical (unpaired) electrons. The van der Waals surface area contributed by atoms with Crippen LogP contribution in [0.2, 0.25) is 5.02 Å². The number of anilines is 1. The zero-order valence-electron chi connectivity index (χ0n) is 23.9. The molecule has 0 unspecified atom stereocenters. The minimum atomic E-state index is -4.24. The Morgan fingerprint density at radius 2 is 1.51 bits per heavy atom. The molecule has 0 aliphatic rings. The molecule has 10 heteroatoms. The van der Waals surface area contributed by atoms with Crippen molar-refractivity contribution in [3.63, 3.8) is 0 Å². The van der Waals surface area contributed by atoms with Gasteiger partial charge in [0.15, 0.2) is 0 Å². The van der Waals surface area contributed by atoms with Crippen LogP contribution in [0, 0.1) is 12.7 Å². The molecular weight excluding hydrogens is 589 g/mol. The van der Waals surface area contributed by atoms with E-state index >= 15 is 0 Å². The van der Waals surface area contributed by atoms with Gasteiger partial charge in [-0.2, -0.15) is 0 Å². The summed E-state index contributed by atoms with van der Waals surface area (Å²) in [6.07, 6.45) is 0.182. The fourth-order valence-electron chi connectivity index (χ4n) is 4.72. The van der Waals surface area contributed by atoms with Crippen molar-refractivity contribution in [1.29, 1.82) is 0 Å². The van der Waals surface area contributed by atoms with Crippen LogP contribution >= 0.6 is 11.6 Å². The van der Waals surface area contributed by atoms with Gasteiger partial charge in [0, 0.05) is 24.5 Å². The van der Waals surface area contributed by atoms with Crippen molar-refractivity contribution < 1.29 is 22.4 Å². The predicted molar refractivity (Wildman–Crippen MR) is 167 cm³/mol. The van der Waals surface area contributed by atoms with E-state index in [4.69, 9.17) is 11.6 Å². The second-order valence-electron chi connectivity index (χ2n) is 10.0.